The van der Waals surface area contributed by atoms with Gasteiger partial charge in [0.25, 0.3) is 0 Å². The molecule has 0 spiro atoms. The highest BCUT2D eigenvalue weighted by atomic mass is 16.5. The van der Waals surface area contributed by atoms with Gasteiger partial charge in [-0.25, -0.2) is 4.90 Å². The van der Waals surface area contributed by atoms with Crippen molar-refractivity contribution in [3.05, 3.63) is 66.7 Å². The van der Waals surface area contributed by atoms with Gasteiger partial charge in [0.05, 0.1) is 28.7 Å². The van der Waals surface area contributed by atoms with Crippen molar-refractivity contribution in [2.75, 3.05) is 4.90 Å². The second-order valence-electron chi connectivity index (χ2n) is 7.65. The number of benzene rings is 2. The summed E-state index contributed by atoms with van der Waals surface area (Å²) in [6.07, 6.45) is 3.87. The van der Waals surface area contributed by atoms with Crippen LogP contribution in [0.4, 0.5) is 5.69 Å². The lowest BCUT2D eigenvalue weighted by Crippen LogP contribution is -2.39. The Balaban J connectivity index is 1.64. The summed E-state index contributed by atoms with van der Waals surface area (Å²) in [5.41, 5.74) is 1.10. The number of rotatable bonds is 2. The van der Waals surface area contributed by atoms with Gasteiger partial charge >= 0.3 is 0 Å². The summed E-state index contributed by atoms with van der Waals surface area (Å²) in [6, 6.07) is 17.4. The van der Waals surface area contributed by atoms with E-state index in [1.165, 1.54) is 4.90 Å². The summed E-state index contributed by atoms with van der Waals surface area (Å²) in [6.45, 7) is 3.80. The van der Waals surface area contributed by atoms with E-state index in [1.54, 1.807) is 0 Å². The van der Waals surface area contributed by atoms with E-state index in [-0.39, 0.29) is 11.8 Å². The molecule has 0 radical (unpaired) electrons. The maximum atomic E-state index is 13.3. The van der Waals surface area contributed by atoms with Crippen LogP contribution in [0.2, 0.25) is 0 Å². The number of nitrogens with zero attached hydrogens (tertiary/aromatic N) is 1. The molecule has 2 fully saturated rings. The van der Waals surface area contributed by atoms with E-state index in [2.05, 4.69) is 0 Å². The molecule has 0 aromatic heterocycles. The monoisotopic (exact) mass is 345 g/mol. The molecular weight excluding hydrogens is 326 g/mol. The van der Waals surface area contributed by atoms with Crippen LogP contribution in [0.3, 0.4) is 0 Å². The van der Waals surface area contributed by atoms with Gasteiger partial charge in [0.2, 0.25) is 11.8 Å². The molecule has 3 aliphatic heterocycles. The molecule has 5 rings (SSSR count). The molecule has 4 atom stereocenters. The Morgan fingerprint density at radius 2 is 1.35 bits per heavy atom. The first-order valence-electron chi connectivity index (χ1n) is 8.87. The van der Waals surface area contributed by atoms with Gasteiger partial charge in [0.1, 0.15) is 0 Å². The smallest absolute Gasteiger partial charge is 0.241 e. The van der Waals surface area contributed by atoms with E-state index in [1.807, 2.05) is 80.6 Å². The highest BCUT2D eigenvalue weighted by Gasteiger charge is 2.70. The van der Waals surface area contributed by atoms with Crippen LogP contribution >= 0.6 is 0 Å². The minimum atomic E-state index is -0.706. The van der Waals surface area contributed by atoms with E-state index in [0.717, 1.165) is 11.1 Å². The summed E-state index contributed by atoms with van der Waals surface area (Å²) in [4.78, 5) is 28.0. The van der Waals surface area contributed by atoms with E-state index in [4.69, 9.17) is 4.74 Å². The van der Waals surface area contributed by atoms with E-state index < -0.39 is 23.0 Å². The highest BCUT2D eigenvalue weighted by Crippen LogP contribution is 2.57. The van der Waals surface area contributed by atoms with Crippen molar-refractivity contribution in [1.29, 1.82) is 0 Å². The number of hydrogen-bond donors (Lipinski definition) is 0. The minimum Gasteiger partial charge on any atom is -0.359 e. The number of carbonyl (C=O) groups excluding carboxylic acids is 2. The Labute approximate surface area is 152 Å². The number of anilines is 1. The number of para-hydroxylation sites is 1. The topological polar surface area (TPSA) is 46.6 Å². The van der Waals surface area contributed by atoms with Crippen LogP contribution in [0.1, 0.15) is 13.8 Å². The molecule has 3 aliphatic rings. The molecule has 2 bridgehead atoms. The molecule has 0 aliphatic carbocycles. The predicted octanol–water partition coefficient (Wildman–Crippen LogP) is 3.58. The van der Waals surface area contributed by atoms with Crippen LogP contribution in [-0.2, 0) is 14.3 Å². The van der Waals surface area contributed by atoms with E-state index in [0.29, 0.717) is 5.69 Å². The number of hydrogen-bond acceptors (Lipinski definition) is 3. The average Bonchev–Trinajstić information content (AvgIpc) is 3.19. The van der Waals surface area contributed by atoms with Crippen molar-refractivity contribution >= 4 is 17.5 Å². The van der Waals surface area contributed by atoms with Crippen LogP contribution in [-0.4, -0.2) is 23.0 Å². The Bertz CT molecular complexity index is 930. The first-order valence-corrected chi connectivity index (χ1v) is 8.87. The predicted molar refractivity (Wildman–Crippen MR) is 98.4 cm³/mol. The summed E-state index contributed by atoms with van der Waals surface area (Å²) >= 11 is 0. The lowest BCUT2D eigenvalue weighted by atomic mass is 9.73. The summed E-state index contributed by atoms with van der Waals surface area (Å²) in [7, 11) is 0. The fourth-order valence-corrected chi connectivity index (χ4v) is 4.80. The molecule has 2 saturated heterocycles. The largest absolute Gasteiger partial charge is 0.359 e. The standard InChI is InChI=1S/C22H19NO3/c1-21-12-13-22(2,26-21)18-17(21)19(24)23(20(18)25)16-11-7-6-10-15(16)14-8-4-3-5-9-14/h3-13,17-18H,1-2H3/t17-,18+,21-,22-/m1/s1. The second kappa shape index (κ2) is 4.92. The lowest BCUT2D eigenvalue weighted by molar-refractivity contribution is -0.128. The Kier molecular flexibility index (Phi) is 2.94. The Hall–Kier alpha value is -2.72. The fourth-order valence-electron chi connectivity index (χ4n) is 4.80. The number of imide groups is 1. The van der Waals surface area contributed by atoms with Crippen molar-refractivity contribution in [3.63, 3.8) is 0 Å². The third-order valence-corrected chi connectivity index (χ3v) is 5.96. The van der Waals surface area contributed by atoms with Gasteiger partial charge in [-0.15, -0.1) is 0 Å². The number of ether oxygens (including phenoxy) is 1. The van der Waals surface area contributed by atoms with Crippen LogP contribution < -0.4 is 4.90 Å². The highest BCUT2D eigenvalue weighted by molar-refractivity contribution is 6.24. The lowest BCUT2D eigenvalue weighted by Gasteiger charge is -2.26. The zero-order valence-electron chi connectivity index (χ0n) is 14.7. The number of fused-ring (bicyclic) bond motifs is 5. The molecule has 26 heavy (non-hydrogen) atoms. The number of carbonyl (C=O) groups is 2. The number of amides is 2. The quantitative estimate of drug-likeness (QED) is 0.617. The van der Waals surface area contributed by atoms with Gasteiger partial charge in [-0.1, -0.05) is 60.7 Å². The van der Waals surface area contributed by atoms with E-state index >= 15 is 0 Å². The molecule has 4 heteroatoms. The van der Waals surface area contributed by atoms with Crippen LogP contribution in [0.25, 0.3) is 11.1 Å². The van der Waals surface area contributed by atoms with E-state index in [9.17, 15) is 9.59 Å². The van der Waals surface area contributed by atoms with Crippen LogP contribution in [0.5, 0.6) is 0 Å². The van der Waals surface area contributed by atoms with Gasteiger partial charge < -0.3 is 4.74 Å². The summed E-state index contributed by atoms with van der Waals surface area (Å²) < 4.78 is 6.07. The van der Waals surface area contributed by atoms with Gasteiger partial charge in [0.15, 0.2) is 0 Å². The summed E-state index contributed by atoms with van der Waals surface area (Å²) in [5.74, 6) is -1.26. The molecule has 0 unspecified atom stereocenters. The Morgan fingerprint density at radius 3 is 1.96 bits per heavy atom. The van der Waals surface area contributed by atoms with Crippen molar-refractivity contribution in [2.24, 2.45) is 11.8 Å². The molecule has 2 aromatic rings. The second-order valence-corrected chi connectivity index (χ2v) is 7.65. The van der Waals surface area contributed by atoms with Gasteiger partial charge in [0, 0.05) is 5.56 Å². The zero-order chi connectivity index (χ0) is 18.1. The Morgan fingerprint density at radius 1 is 0.808 bits per heavy atom. The maximum Gasteiger partial charge on any atom is 0.241 e. The SMILES string of the molecule is C[C@]12C=C[C@@](C)(O1)[C@H]1C(=O)N(c3ccccc3-c3ccccc3)C(=O)[C@H]12. The molecule has 4 nitrogen and oxygen atoms in total. The maximum absolute atomic E-state index is 13.3. The van der Waals surface area contributed by atoms with Crippen LogP contribution in [0, 0.1) is 11.8 Å². The van der Waals surface area contributed by atoms with Gasteiger partial charge in [-0.05, 0) is 25.5 Å². The van der Waals surface area contributed by atoms with Crippen molar-refractivity contribution in [3.8, 4) is 11.1 Å². The van der Waals surface area contributed by atoms with Gasteiger partial charge in [-0.2, -0.15) is 0 Å². The first-order chi connectivity index (χ1) is 12.4. The van der Waals surface area contributed by atoms with Crippen molar-refractivity contribution in [2.45, 2.75) is 25.0 Å². The fraction of sp³-hybridized carbons (Fsp3) is 0.273. The third kappa shape index (κ3) is 1.82. The average molecular weight is 345 g/mol. The molecular formula is C22H19NO3. The van der Waals surface area contributed by atoms with Gasteiger partial charge in [-0.3, -0.25) is 9.59 Å². The molecule has 2 amide bonds. The van der Waals surface area contributed by atoms with Crippen LogP contribution in [0.15, 0.2) is 66.7 Å². The third-order valence-electron chi connectivity index (χ3n) is 5.96. The first kappa shape index (κ1) is 15.5. The normalized spacial score (nSPS) is 34.6. The molecule has 0 N–H and O–H groups in total. The zero-order valence-corrected chi connectivity index (χ0v) is 14.7. The molecule has 3 heterocycles. The molecule has 2 aromatic carbocycles. The summed E-state index contributed by atoms with van der Waals surface area (Å²) in [5, 5.41) is 0. The molecule has 130 valence electrons. The molecule has 0 saturated carbocycles. The van der Waals surface area contributed by atoms with Crippen molar-refractivity contribution < 1.29 is 14.3 Å². The minimum absolute atomic E-state index is 0.168. The van der Waals surface area contributed by atoms with Crippen molar-refractivity contribution in [1.82, 2.24) is 0 Å².